The number of aromatic nitrogens is 4. The second-order valence-corrected chi connectivity index (χ2v) is 25.1. The lowest BCUT2D eigenvalue weighted by Gasteiger charge is -2.37. The van der Waals surface area contributed by atoms with Crippen molar-refractivity contribution < 1.29 is 44.7 Å². The summed E-state index contributed by atoms with van der Waals surface area (Å²) < 4.78 is 100. The second-order valence-electron chi connectivity index (χ2n) is 21.1. The Balaban J connectivity index is 0.840. The summed E-state index contributed by atoms with van der Waals surface area (Å²) in [4.78, 5) is 49.3. The first-order valence-corrected chi connectivity index (χ1v) is 29.1. The smallest absolute Gasteiger partial charge is 0.238 e. The molecule has 2 fully saturated rings. The average Bonchev–Trinajstić information content (AvgIpc) is 3.85. The van der Waals surface area contributed by atoms with Crippen LogP contribution in [0.2, 0.25) is 0 Å². The number of hydrogen-bond donors (Lipinski definition) is 4. The van der Waals surface area contributed by atoms with Gasteiger partial charge < -0.3 is 29.9 Å². The van der Waals surface area contributed by atoms with Crippen LogP contribution >= 0.6 is 0 Å². The summed E-state index contributed by atoms with van der Waals surface area (Å²) in [7, 11) is -5.94. The van der Waals surface area contributed by atoms with E-state index in [2.05, 4.69) is 40.0 Å². The summed E-state index contributed by atoms with van der Waals surface area (Å²) >= 11 is 0. The van der Waals surface area contributed by atoms with Gasteiger partial charge in [-0.05, 0) is 77.1 Å². The van der Waals surface area contributed by atoms with E-state index in [1.54, 1.807) is 55.2 Å². The third-order valence-corrected chi connectivity index (χ3v) is 17.6. The normalized spacial score (nSPS) is 16.9. The number of fused-ring (bicyclic) bond motifs is 8. The van der Waals surface area contributed by atoms with Crippen LogP contribution in [0.1, 0.15) is 90.7 Å². The van der Waals surface area contributed by atoms with E-state index in [9.17, 15) is 26.4 Å². The number of ether oxygens (including phenoxy) is 2. The number of carbonyl (C=O) groups excluding carboxylic acids is 2. The molecule has 22 heteroatoms. The molecular weight excluding hydrogens is 1020 g/mol. The highest BCUT2D eigenvalue weighted by Crippen LogP contribution is 2.57. The van der Waals surface area contributed by atoms with Crippen LogP contribution in [-0.4, -0.2) is 112 Å². The Labute approximate surface area is 440 Å². The van der Waals surface area contributed by atoms with E-state index in [-0.39, 0.29) is 71.4 Å². The summed E-state index contributed by atoms with van der Waals surface area (Å²) in [6, 6.07) is 9.08. The van der Waals surface area contributed by atoms with E-state index in [0.717, 1.165) is 30.2 Å². The molecule has 10 rings (SSSR count). The lowest BCUT2D eigenvalue weighted by atomic mass is 9.64. The highest BCUT2D eigenvalue weighted by molar-refractivity contribution is 7.93. The molecule has 0 radical (unpaired) electrons. The fourth-order valence-electron chi connectivity index (χ4n) is 11.0. The fourth-order valence-corrected chi connectivity index (χ4v) is 12.2. The lowest BCUT2D eigenvalue weighted by molar-refractivity contribution is -0.126. The summed E-state index contributed by atoms with van der Waals surface area (Å²) in [5.41, 5.74) is 3.31. The molecule has 2 aliphatic carbocycles. The number of pyridine rings is 4. The van der Waals surface area contributed by atoms with Crippen molar-refractivity contribution in [3.63, 3.8) is 0 Å². The van der Waals surface area contributed by atoms with Crippen LogP contribution in [0.5, 0.6) is 11.8 Å². The summed E-state index contributed by atoms with van der Waals surface area (Å²) in [5, 5.41) is 7.17. The number of carbonyl (C=O) groups is 2. The highest BCUT2D eigenvalue weighted by Gasteiger charge is 2.56. The first-order valence-electron chi connectivity index (χ1n) is 25.7. The zero-order valence-corrected chi connectivity index (χ0v) is 45.1. The number of halogens is 2. The van der Waals surface area contributed by atoms with E-state index in [1.165, 1.54) is 36.7 Å². The van der Waals surface area contributed by atoms with Gasteiger partial charge in [-0.3, -0.25) is 29.0 Å². The Kier molecular flexibility index (Phi) is 13.9. The Bertz CT molecular complexity index is 3560. The highest BCUT2D eigenvalue weighted by atomic mass is 32.2. The maximum absolute atomic E-state index is 16.2. The second kappa shape index (κ2) is 20.1. The maximum Gasteiger partial charge on any atom is 0.238 e. The minimum Gasteiger partial charge on any atom is -0.475 e. The van der Waals surface area contributed by atoms with E-state index < -0.39 is 47.8 Å². The molecule has 4 aliphatic rings. The van der Waals surface area contributed by atoms with Crippen molar-refractivity contribution in [3.05, 3.63) is 83.9 Å². The van der Waals surface area contributed by atoms with Crippen LogP contribution in [0.4, 0.5) is 31.5 Å². The summed E-state index contributed by atoms with van der Waals surface area (Å²) in [6.07, 6.45) is 12.0. The molecule has 2 aromatic carbocycles. The van der Waals surface area contributed by atoms with Crippen LogP contribution in [0.25, 0.3) is 44.1 Å². The van der Waals surface area contributed by atoms with Crippen molar-refractivity contribution in [2.75, 3.05) is 65.4 Å². The van der Waals surface area contributed by atoms with E-state index >= 15 is 8.78 Å². The van der Waals surface area contributed by atoms with Crippen molar-refractivity contribution in [2.24, 2.45) is 0 Å². The molecule has 0 bridgehead atoms. The SMILES string of the molecule is CC(C)NCCOc1ncc(-c2cc3c4c(cnc3cc2F)N(CCC(C)NCCOc2ncc(-c3cc5c6c(cnc5cc3F)N(C)C(=O)C63CCC3)cc2NS(C)(=O)=O)C(=O)C42CCC2)cc1NS(=O)(=O)C(C)C. The topological polar surface area (TPSA) is 227 Å². The molecule has 0 saturated heterocycles. The van der Waals surface area contributed by atoms with Crippen molar-refractivity contribution in [1.82, 2.24) is 30.6 Å². The largest absolute Gasteiger partial charge is 0.475 e. The third kappa shape index (κ3) is 9.54. The number of amides is 2. The molecule has 1 unspecified atom stereocenters. The quantitative estimate of drug-likeness (QED) is 0.0538. The van der Waals surface area contributed by atoms with Gasteiger partial charge >= 0.3 is 0 Å². The van der Waals surface area contributed by atoms with Crippen LogP contribution in [0, 0.1) is 11.6 Å². The van der Waals surface area contributed by atoms with Gasteiger partial charge in [0.2, 0.25) is 43.6 Å². The number of nitrogens with zero attached hydrogens (tertiary/aromatic N) is 6. The van der Waals surface area contributed by atoms with Crippen LogP contribution in [-0.2, 0) is 40.5 Å². The van der Waals surface area contributed by atoms with Crippen LogP contribution < -0.4 is 39.4 Å². The van der Waals surface area contributed by atoms with Gasteiger partial charge in [-0.1, -0.05) is 26.7 Å². The van der Waals surface area contributed by atoms with E-state index in [1.807, 2.05) is 20.8 Å². The Morgan fingerprint density at radius 2 is 1.16 bits per heavy atom. The molecule has 2 saturated carbocycles. The first-order chi connectivity index (χ1) is 36.1. The van der Waals surface area contributed by atoms with Crippen LogP contribution in [0.15, 0.2) is 61.2 Å². The summed E-state index contributed by atoms with van der Waals surface area (Å²) in [6.45, 7) is 10.5. The number of anilines is 4. The molecule has 4 N–H and O–H groups in total. The van der Waals surface area contributed by atoms with Crippen molar-refractivity contribution in [2.45, 2.75) is 108 Å². The van der Waals surface area contributed by atoms with Crippen LogP contribution in [0.3, 0.4) is 0 Å². The monoisotopic (exact) mass is 1080 g/mol. The molecule has 6 heterocycles. The Morgan fingerprint density at radius 3 is 1.66 bits per heavy atom. The molecule has 6 aromatic rings. The molecule has 1 atom stereocenters. The predicted molar refractivity (Wildman–Crippen MR) is 289 cm³/mol. The molecular formula is C54H62F2N10O8S2. The molecule has 2 amide bonds. The van der Waals surface area contributed by atoms with Gasteiger partial charge in [0, 0.05) is 107 Å². The maximum atomic E-state index is 16.2. The lowest BCUT2D eigenvalue weighted by Crippen LogP contribution is -2.46. The molecule has 2 spiro atoms. The first kappa shape index (κ1) is 52.8. The number of likely N-dealkylation sites (N-methyl/N-ethyl adjacent to an activating group) is 1. The standard InChI is InChI=1S/C54H62F2N10O8S2/c1-30(2)57-15-18-73-50-44(64-76(71,72)31(3)4)21-34(27-62-50)36-23-38-42(25-40(36)56)60-29-46-48(38)54(13-9-14-54)52(68)66(46)17-10-32(5)58-16-19-74-49-43(63-75(7,69)70)20-33(26-61-49)35-22-37-41(24-39(35)55)59-28-45-47(37)53(11-8-12-53)51(67)65(45)6/h20-32,57-58,63-64H,8-19H2,1-7H3. The molecule has 76 heavy (non-hydrogen) atoms. The Morgan fingerprint density at radius 1 is 0.658 bits per heavy atom. The van der Waals surface area contributed by atoms with E-state index in [0.29, 0.717) is 96.0 Å². The van der Waals surface area contributed by atoms with Crippen molar-refractivity contribution >= 4 is 76.4 Å². The number of sulfonamides is 2. The third-order valence-electron chi connectivity index (χ3n) is 15.3. The van der Waals surface area contributed by atoms with Gasteiger partial charge in [0.1, 0.15) is 36.2 Å². The van der Waals surface area contributed by atoms with Gasteiger partial charge in [-0.2, -0.15) is 0 Å². The molecule has 402 valence electrons. The zero-order valence-electron chi connectivity index (χ0n) is 43.5. The van der Waals surface area contributed by atoms with Crippen molar-refractivity contribution in [1.29, 1.82) is 0 Å². The van der Waals surface area contributed by atoms with Gasteiger partial charge in [0.15, 0.2) is 0 Å². The minimum absolute atomic E-state index is 0.000721. The van der Waals surface area contributed by atoms with Gasteiger partial charge in [0.25, 0.3) is 0 Å². The van der Waals surface area contributed by atoms with Gasteiger partial charge in [-0.15, -0.1) is 0 Å². The Hall–Kier alpha value is -6.62. The van der Waals surface area contributed by atoms with Gasteiger partial charge in [0.05, 0.1) is 57.1 Å². The number of hydrogen-bond acceptors (Lipinski definition) is 14. The van der Waals surface area contributed by atoms with Gasteiger partial charge in [-0.25, -0.2) is 35.6 Å². The average molecular weight is 1080 g/mol. The molecule has 18 nitrogen and oxygen atoms in total. The predicted octanol–water partition coefficient (Wildman–Crippen LogP) is 7.70. The number of benzene rings is 2. The van der Waals surface area contributed by atoms with Crippen molar-refractivity contribution in [3.8, 4) is 34.0 Å². The zero-order chi connectivity index (χ0) is 54.1. The van der Waals surface area contributed by atoms with E-state index in [4.69, 9.17) is 9.47 Å². The molecule has 4 aromatic heterocycles. The summed E-state index contributed by atoms with van der Waals surface area (Å²) in [5.74, 6) is -1.18. The fraction of sp³-hybridized carbons (Fsp3) is 0.444. The number of rotatable bonds is 20. The number of nitrogens with one attached hydrogen (secondary N) is 4. The minimum atomic E-state index is -3.84. The molecule has 2 aliphatic heterocycles.